The monoisotopic (exact) mass is 309 g/mol. The molecule has 0 aliphatic rings. The van der Waals surface area contributed by atoms with Gasteiger partial charge in [0.2, 0.25) is 0 Å². The molecule has 0 N–H and O–H groups in total. The third-order valence-electron chi connectivity index (χ3n) is 4.20. The predicted octanol–water partition coefficient (Wildman–Crippen LogP) is 4.37. The summed E-state index contributed by atoms with van der Waals surface area (Å²) in [6, 6.07) is 21.3. The second kappa shape index (κ2) is 8.07. The first-order valence-corrected chi connectivity index (χ1v) is 8.26. The van der Waals surface area contributed by atoms with E-state index in [4.69, 9.17) is 0 Å². The van der Waals surface area contributed by atoms with E-state index in [1.165, 1.54) is 11.1 Å². The molecule has 122 valence electrons. The van der Waals surface area contributed by atoms with Crippen LogP contribution in [0.5, 0.6) is 0 Å². The highest BCUT2D eigenvalue weighted by atomic mass is 16.1. The van der Waals surface area contributed by atoms with Crippen LogP contribution in [-0.2, 0) is 4.79 Å². The van der Waals surface area contributed by atoms with E-state index in [0.29, 0.717) is 5.92 Å². The van der Waals surface area contributed by atoms with Gasteiger partial charge in [-0.15, -0.1) is 0 Å². The molecular formula is C21H27NO. The number of carbonyl (C=O) groups excluding carboxylic acids is 1. The number of aldehydes is 1. The van der Waals surface area contributed by atoms with Crippen molar-refractivity contribution >= 4 is 6.29 Å². The summed E-state index contributed by atoms with van der Waals surface area (Å²) in [6.07, 6.45) is 2.09. The smallest absolute Gasteiger partial charge is 0.126 e. The highest BCUT2D eigenvalue weighted by molar-refractivity contribution is 5.58. The Morgan fingerprint density at radius 2 is 1.43 bits per heavy atom. The summed E-state index contributed by atoms with van der Waals surface area (Å²) in [5.74, 6) is 0.388. The Morgan fingerprint density at radius 1 is 0.957 bits per heavy atom. The molecule has 0 fully saturated rings. The summed E-state index contributed by atoms with van der Waals surface area (Å²) in [5.41, 5.74) is 2.41. The fraction of sp³-hybridized carbons (Fsp3) is 0.381. The average molecular weight is 309 g/mol. The molecule has 0 saturated heterocycles. The van der Waals surface area contributed by atoms with Gasteiger partial charge in [-0.05, 0) is 31.1 Å². The van der Waals surface area contributed by atoms with Crippen LogP contribution >= 0.6 is 0 Å². The number of carbonyl (C=O) groups is 1. The van der Waals surface area contributed by atoms with Gasteiger partial charge in [-0.2, -0.15) is 0 Å². The second-order valence-electron chi connectivity index (χ2n) is 7.01. The maximum atomic E-state index is 11.1. The van der Waals surface area contributed by atoms with Gasteiger partial charge in [0.25, 0.3) is 0 Å². The molecule has 0 bridgehead atoms. The Balaban J connectivity index is 2.09. The Morgan fingerprint density at radius 3 is 1.87 bits per heavy atom. The molecule has 0 aliphatic heterocycles. The molecule has 0 heterocycles. The molecule has 2 rings (SSSR count). The van der Waals surface area contributed by atoms with Gasteiger partial charge in [-0.1, -0.05) is 74.5 Å². The van der Waals surface area contributed by atoms with Gasteiger partial charge < -0.3 is 9.69 Å². The zero-order chi connectivity index (χ0) is 16.7. The normalized spacial score (nSPS) is 11.9. The van der Waals surface area contributed by atoms with E-state index in [1.807, 2.05) is 13.8 Å². The number of rotatable bonds is 8. The topological polar surface area (TPSA) is 20.3 Å². The summed E-state index contributed by atoms with van der Waals surface area (Å²) < 4.78 is 0. The van der Waals surface area contributed by atoms with Gasteiger partial charge in [0, 0.05) is 17.9 Å². The minimum Gasteiger partial charge on any atom is -0.305 e. The standard InChI is InChI=1S/C21H27NO/c1-21(2,17-23)16-22(3)15-14-20(18-10-6-4-7-11-18)19-12-8-5-9-13-19/h4-13,17,20H,14-16H2,1-3H3. The second-order valence-corrected chi connectivity index (χ2v) is 7.01. The fourth-order valence-corrected chi connectivity index (χ4v) is 3.06. The van der Waals surface area contributed by atoms with Crippen molar-refractivity contribution < 1.29 is 4.79 Å². The molecule has 2 heteroatoms. The van der Waals surface area contributed by atoms with Crippen molar-refractivity contribution in [1.29, 1.82) is 0 Å². The van der Waals surface area contributed by atoms with Crippen LogP contribution in [0.4, 0.5) is 0 Å². The quantitative estimate of drug-likeness (QED) is 0.675. The summed E-state index contributed by atoms with van der Waals surface area (Å²) in [6.45, 7) is 5.73. The lowest BCUT2D eigenvalue weighted by molar-refractivity contribution is -0.115. The maximum Gasteiger partial charge on any atom is 0.126 e. The van der Waals surface area contributed by atoms with E-state index in [9.17, 15) is 4.79 Å². The van der Waals surface area contributed by atoms with Crippen molar-refractivity contribution in [3.8, 4) is 0 Å². The Bertz CT molecular complexity index is 552. The van der Waals surface area contributed by atoms with Crippen LogP contribution in [0.15, 0.2) is 60.7 Å². The lowest BCUT2D eigenvalue weighted by Crippen LogP contribution is -2.33. The third-order valence-corrected chi connectivity index (χ3v) is 4.20. The molecule has 0 amide bonds. The van der Waals surface area contributed by atoms with Crippen molar-refractivity contribution in [3.63, 3.8) is 0 Å². The highest BCUT2D eigenvalue weighted by Crippen LogP contribution is 2.28. The van der Waals surface area contributed by atoms with Gasteiger partial charge in [-0.25, -0.2) is 0 Å². The minimum atomic E-state index is -0.288. The van der Waals surface area contributed by atoms with Crippen LogP contribution in [0.3, 0.4) is 0 Å². The Kier molecular flexibility index (Phi) is 6.12. The van der Waals surface area contributed by atoms with Crippen LogP contribution in [-0.4, -0.2) is 31.3 Å². The van der Waals surface area contributed by atoms with E-state index >= 15 is 0 Å². The van der Waals surface area contributed by atoms with Gasteiger partial charge in [-0.3, -0.25) is 0 Å². The molecular weight excluding hydrogens is 282 g/mol. The molecule has 2 aromatic carbocycles. The molecule has 0 aromatic heterocycles. The van der Waals surface area contributed by atoms with Gasteiger partial charge >= 0.3 is 0 Å². The number of hydrogen-bond donors (Lipinski definition) is 0. The van der Waals surface area contributed by atoms with E-state index in [-0.39, 0.29) is 5.41 Å². The van der Waals surface area contributed by atoms with Crippen molar-refractivity contribution in [3.05, 3.63) is 71.8 Å². The minimum absolute atomic E-state index is 0.288. The van der Waals surface area contributed by atoms with Gasteiger partial charge in [0.05, 0.1) is 0 Å². The van der Waals surface area contributed by atoms with E-state index < -0.39 is 0 Å². The molecule has 23 heavy (non-hydrogen) atoms. The summed E-state index contributed by atoms with van der Waals surface area (Å²) in [5, 5.41) is 0. The lowest BCUT2D eigenvalue weighted by Gasteiger charge is -2.27. The van der Waals surface area contributed by atoms with Crippen LogP contribution < -0.4 is 0 Å². The SMILES string of the molecule is CN(CCC(c1ccccc1)c1ccccc1)CC(C)(C)C=O. The van der Waals surface area contributed by atoms with E-state index in [0.717, 1.165) is 25.8 Å². The van der Waals surface area contributed by atoms with E-state index in [1.54, 1.807) is 0 Å². The van der Waals surface area contributed by atoms with Gasteiger partial charge in [0.1, 0.15) is 6.29 Å². The molecule has 0 aliphatic carbocycles. The fourth-order valence-electron chi connectivity index (χ4n) is 3.06. The zero-order valence-electron chi connectivity index (χ0n) is 14.4. The number of benzene rings is 2. The Hall–Kier alpha value is -1.93. The highest BCUT2D eigenvalue weighted by Gasteiger charge is 2.20. The summed E-state index contributed by atoms with van der Waals surface area (Å²) in [7, 11) is 2.10. The lowest BCUT2D eigenvalue weighted by atomic mass is 9.88. The van der Waals surface area contributed by atoms with Crippen molar-refractivity contribution in [1.82, 2.24) is 4.90 Å². The Labute approximate surface area is 140 Å². The van der Waals surface area contributed by atoms with Crippen LogP contribution in [0.25, 0.3) is 0 Å². The molecule has 2 nitrogen and oxygen atoms in total. The molecule has 0 atom stereocenters. The first-order chi connectivity index (χ1) is 11.0. The van der Waals surface area contributed by atoms with Crippen LogP contribution in [0.2, 0.25) is 0 Å². The maximum absolute atomic E-state index is 11.1. The largest absolute Gasteiger partial charge is 0.305 e. The number of hydrogen-bond acceptors (Lipinski definition) is 2. The average Bonchev–Trinajstić information content (AvgIpc) is 2.56. The molecule has 0 saturated carbocycles. The van der Waals surface area contributed by atoms with Crippen molar-refractivity contribution in [2.45, 2.75) is 26.2 Å². The summed E-state index contributed by atoms with van der Waals surface area (Å²) >= 11 is 0. The zero-order valence-corrected chi connectivity index (χ0v) is 14.4. The van der Waals surface area contributed by atoms with E-state index in [2.05, 4.69) is 72.6 Å². The predicted molar refractivity (Wildman–Crippen MR) is 96.7 cm³/mol. The molecule has 0 unspecified atom stereocenters. The summed E-state index contributed by atoms with van der Waals surface area (Å²) in [4.78, 5) is 13.4. The first-order valence-electron chi connectivity index (χ1n) is 8.26. The number of nitrogens with zero attached hydrogens (tertiary/aromatic N) is 1. The van der Waals surface area contributed by atoms with Crippen LogP contribution in [0.1, 0.15) is 37.3 Å². The van der Waals surface area contributed by atoms with Crippen molar-refractivity contribution in [2.75, 3.05) is 20.1 Å². The van der Waals surface area contributed by atoms with Crippen LogP contribution in [0, 0.1) is 5.41 Å². The molecule has 2 aromatic rings. The first kappa shape index (κ1) is 17.4. The molecule has 0 spiro atoms. The third kappa shape index (κ3) is 5.33. The van der Waals surface area contributed by atoms with Gasteiger partial charge in [0.15, 0.2) is 0 Å². The molecule has 0 radical (unpaired) electrons. The van der Waals surface area contributed by atoms with Crippen molar-refractivity contribution in [2.24, 2.45) is 5.41 Å².